The summed E-state index contributed by atoms with van der Waals surface area (Å²) in [5.74, 6) is -0.731. The molecule has 5 nitrogen and oxygen atoms in total. The van der Waals surface area contributed by atoms with Gasteiger partial charge in [0.25, 0.3) is 0 Å². The number of carbonyl (C=O) groups excluding carboxylic acids is 1. The smallest absolute Gasteiger partial charge is 0.328 e. The number of pyridine rings is 1. The van der Waals surface area contributed by atoms with Crippen LogP contribution in [0.2, 0.25) is 0 Å². The highest BCUT2D eigenvalue weighted by atomic mass is 16.4. The second kappa shape index (κ2) is 6.13. The van der Waals surface area contributed by atoms with E-state index in [1.54, 1.807) is 18.2 Å². The SMILES string of the molecule is CC(C)(C)CC(=O)Nc1cccc(C=CC(=O)O)n1. The Morgan fingerprint density at radius 1 is 1.37 bits per heavy atom. The molecule has 0 saturated heterocycles. The number of nitrogens with zero attached hydrogens (tertiary/aromatic N) is 1. The van der Waals surface area contributed by atoms with E-state index in [4.69, 9.17) is 5.11 Å². The Morgan fingerprint density at radius 3 is 2.63 bits per heavy atom. The van der Waals surface area contributed by atoms with Crippen molar-refractivity contribution in [1.29, 1.82) is 0 Å². The van der Waals surface area contributed by atoms with Gasteiger partial charge >= 0.3 is 5.97 Å². The molecule has 5 heteroatoms. The highest BCUT2D eigenvalue weighted by Gasteiger charge is 2.16. The van der Waals surface area contributed by atoms with Crippen LogP contribution in [0.25, 0.3) is 6.08 Å². The van der Waals surface area contributed by atoms with Crippen LogP contribution in [-0.2, 0) is 9.59 Å². The molecule has 0 aliphatic carbocycles. The van der Waals surface area contributed by atoms with Crippen molar-refractivity contribution in [3.05, 3.63) is 30.0 Å². The molecule has 2 N–H and O–H groups in total. The van der Waals surface area contributed by atoms with E-state index in [-0.39, 0.29) is 11.3 Å². The van der Waals surface area contributed by atoms with Crippen molar-refractivity contribution >= 4 is 23.8 Å². The Hall–Kier alpha value is -2.17. The number of carbonyl (C=O) groups is 2. The Labute approximate surface area is 112 Å². The van der Waals surface area contributed by atoms with Crippen molar-refractivity contribution in [2.75, 3.05) is 5.32 Å². The number of hydrogen-bond donors (Lipinski definition) is 2. The molecule has 0 radical (unpaired) electrons. The van der Waals surface area contributed by atoms with E-state index < -0.39 is 5.97 Å². The van der Waals surface area contributed by atoms with E-state index in [1.165, 1.54) is 6.08 Å². The van der Waals surface area contributed by atoms with Crippen LogP contribution in [0.4, 0.5) is 5.82 Å². The average molecular weight is 262 g/mol. The first-order chi connectivity index (χ1) is 8.76. The standard InChI is InChI=1S/C14H18N2O3/c1-14(2,3)9-12(17)16-11-6-4-5-10(15-11)7-8-13(18)19/h4-8H,9H2,1-3H3,(H,18,19)(H,15,16,17). The first-order valence-corrected chi connectivity index (χ1v) is 5.94. The van der Waals surface area contributed by atoms with Crippen LogP contribution in [-0.4, -0.2) is 22.0 Å². The lowest BCUT2D eigenvalue weighted by Crippen LogP contribution is -2.20. The normalized spacial score (nSPS) is 11.5. The lowest BCUT2D eigenvalue weighted by molar-refractivity contribution is -0.131. The fourth-order valence-electron chi connectivity index (χ4n) is 1.44. The summed E-state index contributed by atoms with van der Waals surface area (Å²) >= 11 is 0. The molecule has 1 heterocycles. The number of nitrogens with one attached hydrogen (secondary N) is 1. The first-order valence-electron chi connectivity index (χ1n) is 5.94. The van der Waals surface area contributed by atoms with Crippen molar-refractivity contribution < 1.29 is 14.7 Å². The lowest BCUT2D eigenvalue weighted by atomic mass is 9.92. The number of carboxylic acids is 1. The third-order valence-electron chi connectivity index (χ3n) is 2.13. The van der Waals surface area contributed by atoms with Gasteiger partial charge in [0.15, 0.2) is 0 Å². The first kappa shape index (κ1) is 14.9. The van der Waals surface area contributed by atoms with Gasteiger partial charge in [-0.05, 0) is 23.6 Å². The summed E-state index contributed by atoms with van der Waals surface area (Å²) in [7, 11) is 0. The predicted molar refractivity (Wildman–Crippen MR) is 73.6 cm³/mol. The summed E-state index contributed by atoms with van der Waals surface area (Å²) in [6.07, 6.45) is 2.77. The van der Waals surface area contributed by atoms with Gasteiger partial charge in [-0.3, -0.25) is 4.79 Å². The molecule has 1 aromatic rings. The Kier molecular flexibility index (Phi) is 4.80. The van der Waals surface area contributed by atoms with Crippen LogP contribution >= 0.6 is 0 Å². The molecular weight excluding hydrogens is 244 g/mol. The van der Waals surface area contributed by atoms with E-state index in [0.717, 1.165) is 6.08 Å². The van der Waals surface area contributed by atoms with Crippen molar-refractivity contribution in [1.82, 2.24) is 4.98 Å². The summed E-state index contributed by atoms with van der Waals surface area (Å²) in [5.41, 5.74) is 0.390. The molecule has 19 heavy (non-hydrogen) atoms. The third kappa shape index (κ3) is 6.35. The number of aromatic nitrogens is 1. The van der Waals surface area contributed by atoms with E-state index >= 15 is 0 Å². The fraction of sp³-hybridized carbons (Fsp3) is 0.357. The van der Waals surface area contributed by atoms with Gasteiger partial charge in [-0.15, -0.1) is 0 Å². The van der Waals surface area contributed by atoms with Gasteiger partial charge in [-0.1, -0.05) is 26.8 Å². The monoisotopic (exact) mass is 262 g/mol. The second-order valence-electron chi connectivity index (χ2n) is 5.40. The van der Waals surface area contributed by atoms with Gasteiger partial charge in [0.2, 0.25) is 5.91 Å². The highest BCUT2D eigenvalue weighted by Crippen LogP contribution is 2.19. The average Bonchev–Trinajstić information content (AvgIpc) is 2.24. The zero-order valence-corrected chi connectivity index (χ0v) is 11.3. The Bertz CT molecular complexity index is 502. The molecule has 0 aliphatic rings. The van der Waals surface area contributed by atoms with Crippen molar-refractivity contribution in [2.45, 2.75) is 27.2 Å². The summed E-state index contributed by atoms with van der Waals surface area (Å²) in [5, 5.41) is 11.2. The molecular formula is C14H18N2O3. The quantitative estimate of drug-likeness (QED) is 0.817. The number of rotatable bonds is 4. The fourth-order valence-corrected chi connectivity index (χ4v) is 1.44. The number of amides is 1. The maximum absolute atomic E-state index is 11.7. The summed E-state index contributed by atoms with van der Waals surface area (Å²) in [4.78, 5) is 26.3. The van der Waals surface area contributed by atoms with E-state index in [1.807, 2.05) is 20.8 Å². The molecule has 1 amide bonds. The van der Waals surface area contributed by atoms with Gasteiger partial charge in [0, 0.05) is 12.5 Å². The molecule has 1 rings (SSSR count). The molecule has 0 spiro atoms. The summed E-state index contributed by atoms with van der Waals surface area (Å²) < 4.78 is 0. The van der Waals surface area contributed by atoms with Crippen LogP contribution < -0.4 is 5.32 Å². The van der Waals surface area contributed by atoms with Gasteiger partial charge in [0.05, 0.1) is 5.69 Å². The van der Waals surface area contributed by atoms with Gasteiger partial charge in [-0.2, -0.15) is 0 Å². The Morgan fingerprint density at radius 2 is 2.05 bits per heavy atom. The van der Waals surface area contributed by atoms with Crippen molar-refractivity contribution in [2.24, 2.45) is 5.41 Å². The lowest BCUT2D eigenvalue weighted by Gasteiger charge is -2.17. The van der Waals surface area contributed by atoms with Gasteiger partial charge in [-0.25, -0.2) is 9.78 Å². The molecule has 0 aromatic carbocycles. The zero-order chi connectivity index (χ0) is 14.5. The molecule has 102 valence electrons. The largest absolute Gasteiger partial charge is 0.478 e. The minimum Gasteiger partial charge on any atom is -0.478 e. The summed E-state index contributed by atoms with van der Waals surface area (Å²) in [6.45, 7) is 5.93. The number of carboxylic acid groups (broad SMARTS) is 1. The van der Waals surface area contributed by atoms with Gasteiger partial charge < -0.3 is 10.4 Å². The topological polar surface area (TPSA) is 79.3 Å². The predicted octanol–water partition coefficient (Wildman–Crippen LogP) is 2.55. The number of aliphatic carboxylic acids is 1. The van der Waals surface area contributed by atoms with Crippen LogP contribution in [0, 0.1) is 5.41 Å². The van der Waals surface area contributed by atoms with Crippen molar-refractivity contribution in [3.63, 3.8) is 0 Å². The van der Waals surface area contributed by atoms with Crippen LogP contribution in [0.5, 0.6) is 0 Å². The molecule has 0 atom stereocenters. The molecule has 1 aromatic heterocycles. The molecule has 0 bridgehead atoms. The second-order valence-corrected chi connectivity index (χ2v) is 5.40. The van der Waals surface area contributed by atoms with E-state index in [2.05, 4.69) is 10.3 Å². The molecule has 0 unspecified atom stereocenters. The number of hydrogen-bond acceptors (Lipinski definition) is 3. The van der Waals surface area contributed by atoms with Gasteiger partial charge in [0.1, 0.15) is 5.82 Å². The summed E-state index contributed by atoms with van der Waals surface area (Å²) in [6, 6.07) is 5.04. The van der Waals surface area contributed by atoms with Crippen LogP contribution in [0.15, 0.2) is 24.3 Å². The minimum absolute atomic E-state index is 0.0924. The van der Waals surface area contributed by atoms with Crippen LogP contribution in [0.3, 0.4) is 0 Å². The highest BCUT2D eigenvalue weighted by molar-refractivity contribution is 5.90. The van der Waals surface area contributed by atoms with E-state index in [9.17, 15) is 9.59 Å². The van der Waals surface area contributed by atoms with E-state index in [0.29, 0.717) is 17.9 Å². The molecule has 0 fully saturated rings. The minimum atomic E-state index is -1.04. The molecule has 0 saturated carbocycles. The molecule has 0 aliphatic heterocycles. The van der Waals surface area contributed by atoms with Crippen LogP contribution in [0.1, 0.15) is 32.9 Å². The van der Waals surface area contributed by atoms with Crippen molar-refractivity contribution in [3.8, 4) is 0 Å². The zero-order valence-electron chi connectivity index (χ0n) is 11.3. The third-order valence-corrected chi connectivity index (χ3v) is 2.13. The Balaban J connectivity index is 2.72. The maximum Gasteiger partial charge on any atom is 0.328 e. The number of anilines is 1. The maximum atomic E-state index is 11.7.